The van der Waals surface area contributed by atoms with Crippen LogP contribution in [0, 0.1) is 29.0 Å². The molecule has 4 fully saturated rings. The molecule has 3 heteroatoms. The van der Waals surface area contributed by atoms with Crippen molar-refractivity contribution in [1.29, 1.82) is 0 Å². The Morgan fingerprint density at radius 1 is 0.931 bits per heavy atom. The maximum absolute atomic E-state index is 13.9. The molecule has 0 spiro atoms. The molecular formula is C26H32FNO. The van der Waals surface area contributed by atoms with Crippen LogP contribution in [0.15, 0.2) is 48.5 Å². The summed E-state index contributed by atoms with van der Waals surface area (Å²) < 4.78 is 19.9. The average Bonchev–Trinajstić information content (AvgIpc) is 2.71. The van der Waals surface area contributed by atoms with Crippen LogP contribution in [-0.2, 0) is 13.2 Å². The highest BCUT2D eigenvalue weighted by Gasteiger charge is 2.52. The molecule has 0 radical (unpaired) electrons. The fraction of sp³-hybridized carbons (Fsp3) is 0.538. The minimum Gasteiger partial charge on any atom is -0.488 e. The molecule has 2 nitrogen and oxygen atoms in total. The van der Waals surface area contributed by atoms with Gasteiger partial charge in [-0.25, -0.2) is 4.39 Å². The Morgan fingerprint density at radius 2 is 1.52 bits per heavy atom. The Balaban J connectivity index is 1.24. The molecule has 4 saturated carbocycles. The Bertz CT molecular complexity index is 828. The molecule has 4 aliphatic carbocycles. The van der Waals surface area contributed by atoms with E-state index in [-0.39, 0.29) is 12.4 Å². The van der Waals surface area contributed by atoms with Crippen molar-refractivity contribution < 1.29 is 9.13 Å². The first-order chi connectivity index (χ1) is 14.1. The van der Waals surface area contributed by atoms with Crippen LogP contribution < -0.4 is 10.1 Å². The molecule has 1 N–H and O–H groups in total. The van der Waals surface area contributed by atoms with E-state index in [0.29, 0.717) is 17.0 Å². The number of ether oxygens (including phenoxy) is 1. The van der Waals surface area contributed by atoms with Crippen molar-refractivity contribution in [2.75, 3.05) is 0 Å². The highest BCUT2D eigenvalue weighted by atomic mass is 19.1. The maximum atomic E-state index is 13.9. The van der Waals surface area contributed by atoms with Crippen molar-refractivity contribution in [3.63, 3.8) is 0 Å². The predicted molar refractivity (Wildman–Crippen MR) is 114 cm³/mol. The Morgan fingerprint density at radius 3 is 2.17 bits per heavy atom. The summed E-state index contributed by atoms with van der Waals surface area (Å²) in [6, 6.07) is 15.5. The summed E-state index contributed by atoms with van der Waals surface area (Å²) in [4.78, 5) is 0. The van der Waals surface area contributed by atoms with E-state index in [4.69, 9.17) is 4.74 Å². The van der Waals surface area contributed by atoms with Gasteiger partial charge < -0.3 is 10.1 Å². The summed E-state index contributed by atoms with van der Waals surface area (Å²) >= 11 is 0. The standard InChI is InChI=1S/C26H32FNO/c1-18(26-13-19-10-20(14-26)12-21(11-19)15-26)28-16-22-6-3-5-9-25(22)29-17-23-7-2-4-8-24(23)27/h2-9,18-21,28H,10-17H2,1H3/t18-,19?,20?,21?,26?/m1/s1. The van der Waals surface area contributed by atoms with Crippen LogP contribution in [0.3, 0.4) is 0 Å². The molecule has 0 saturated heterocycles. The molecular weight excluding hydrogens is 361 g/mol. The summed E-state index contributed by atoms with van der Waals surface area (Å²) in [6.45, 7) is 3.46. The Labute approximate surface area is 173 Å². The van der Waals surface area contributed by atoms with Crippen LogP contribution in [0.4, 0.5) is 4.39 Å². The van der Waals surface area contributed by atoms with Gasteiger partial charge in [0.05, 0.1) is 0 Å². The first-order valence-electron chi connectivity index (χ1n) is 11.3. The zero-order valence-electron chi connectivity index (χ0n) is 17.4. The lowest BCUT2D eigenvalue weighted by molar-refractivity contribution is -0.0706. The molecule has 0 unspecified atom stereocenters. The normalized spacial score (nSPS) is 31.0. The topological polar surface area (TPSA) is 21.3 Å². The van der Waals surface area contributed by atoms with E-state index in [1.54, 1.807) is 12.1 Å². The van der Waals surface area contributed by atoms with Gasteiger partial charge in [0, 0.05) is 23.7 Å². The zero-order chi connectivity index (χ0) is 19.8. The predicted octanol–water partition coefficient (Wildman–Crippen LogP) is 6.10. The van der Waals surface area contributed by atoms with E-state index < -0.39 is 0 Å². The molecule has 0 aliphatic heterocycles. The largest absolute Gasteiger partial charge is 0.488 e. The van der Waals surface area contributed by atoms with Gasteiger partial charge in [-0.05, 0) is 80.8 Å². The minimum absolute atomic E-state index is 0.210. The molecule has 29 heavy (non-hydrogen) atoms. The lowest BCUT2D eigenvalue weighted by Gasteiger charge is -2.59. The van der Waals surface area contributed by atoms with Crippen molar-refractivity contribution in [2.24, 2.45) is 23.2 Å². The Kier molecular flexibility index (Phi) is 5.11. The van der Waals surface area contributed by atoms with E-state index in [1.165, 1.54) is 44.6 Å². The monoisotopic (exact) mass is 393 g/mol. The Hall–Kier alpha value is -1.87. The van der Waals surface area contributed by atoms with Crippen molar-refractivity contribution in [3.8, 4) is 5.75 Å². The van der Waals surface area contributed by atoms with Crippen molar-refractivity contribution in [1.82, 2.24) is 5.32 Å². The SMILES string of the molecule is C[C@@H](NCc1ccccc1OCc1ccccc1F)C12CC3CC(CC(C3)C1)C2. The van der Waals surface area contributed by atoms with Gasteiger partial charge >= 0.3 is 0 Å². The fourth-order valence-corrected chi connectivity index (χ4v) is 6.75. The molecule has 0 heterocycles. The molecule has 2 aromatic carbocycles. The van der Waals surface area contributed by atoms with Gasteiger partial charge in [0.1, 0.15) is 18.2 Å². The smallest absolute Gasteiger partial charge is 0.129 e. The van der Waals surface area contributed by atoms with Gasteiger partial charge in [-0.3, -0.25) is 0 Å². The van der Waals surface area contributed by atoms with Crippen LogP contribution in [-0.4, -0.2) is 6.04 Å². The number of rotatable bonds is 7. The van der Waals surface area contributed by atoms with Crippen LogP contribution in [0.2, 0.25) is 0 Å². The van der Waals surface area contributed by atoms with Crippen LogP contribution in [0.1, 0.15) is 56.6 Å². The second-order valence-electron chi connectivity index (χ2n) is 9.87. The van der Waals surface area contributed by atoms with E-state index in [2.05, 4.69) is 24.4 Å². The third kappa shape index (κ3) is 3.82. The van der Waals surface area contributed by atoms with Gasteiger partial charge in [-0.2, -0.15) is 0 Å². The van der Waals surface area contributed by atoms with E-state index in [0.717, 1.165) is 35.6 Å². The van der Waals surface area contributed by atoms with Crippen LogP contribution in [0.5, 0.6) is 5.75 Å². The van der Waals surface area contributed by atoms with E-state index in [1.807, 2.05) is 18.2 Å². The van der Waals surface area contributed by atoms with Crippen molar-refractivity contribution in [2.45, 2.75) is 64.6 Å². The molecule has 6 rings (SSSR count). The van der Waals surface area contributed by atoms with Crippen LogP contribution >= 0.6 is 0 Å². The second kappa shape index (κ2) is 7.75. The summed E-state index contributed by atoms with van der Waals surface area (Å²) in [5, 5.41) is 3.85. The highest BCUT2D eigenvalue weighted by molar-refractivity contribution is 5.33. The number of nitrogens with one attached hydrogen (secondary N) is 1. The van der Waals surface area contributed by atoms with E-state index in [9.17, 15) is 4.39 Å². The number of benzene rings is 2. The molecule has 4 aliphatic rings. The maximum Gasteiger partial charge on any atom is 0.129 e. The lowest BCUT2D eigenvalue weighted by Crippen LogP contribution is -2.54. The second-order valence-corrected chi connectivity index (χ2v) is 9.87. The van der Waals surface area contributed by atoms with E-state index >= 15 is 0 Å². The van der Waals surface area contributed by atoms with Crippen LogP contribution in [0.25, 0.3) is 0 Å². The summed E-state index contributed by atoms with van der Waals surface area (Å²) in [5.41, 5.74) is 2.25. The quantitative estimate of drug-likeness (QED) is 0.614. The first kappa shape index (κ1) is 19.1. The minimum atomic E-state index is -0.210. The fourth-order valence-electron chi connectivity index (χ4n) is 6.75. The van der Waals surface area contributed by atoms with Crippen molar-refractivity contribution >= 4 is 0 Å². The highest BCUT2D eigenvalue weighted by Crippen LogP contribution is 2.61. The third-order valence-electron chi connectivity index (χ3n) is 7.92. The number of halogens is 1. The molecule has 0 amide bonds. The van der Waals surface area contributed by atoms with Gasteiger partial charge in [0.25, 0.3) is 0 Å². The number of hydrogen-bond donors (Lipinski definition) is 1. The molecule has 154 valence electrons. The zero-order valence-corrected chi connectivity index (χ0v) is 17.4. The first-order valence-corrected chi connectivity index (χ1v) is 11.3. The average molecular weight is 394 g/mol. The third-order valence-corrected chi connectivity index (χ3v) is 7.92. The molecule has 4 bridgehead atoms. The summed E-state index contributed by atoms with van der Waals surface area (Å²) in [7, 11) is 0. The molecule has 1 atom stereocenters. The van der Waals surface area contributed by atoms with Gasteiger partial charge in [-0.1, -0.05) is 36.4 Å². The molecule has 0 aromatic heterocycles. The lowest BCUT2D eigenvalue weighted by atomic mass is 9.48. The van der Waals surface area contributed by atoms with Gasteiger partial charge in [-0.15, -0.1) is 0 Å². The van der Waals surface area contributed by atoms with Crippen molar-refractivity contribution in [3.05, 3.63) is 65.5 Å². The molecule has 2 aromatic rings. The number of hydrogen-bond acceptors (Lipinski definition) is 2. The van der Waals surface area contributed by atoms with Gasteiger partial charge in [0.2, 0.25) is 0 Å². The summed E-state index contributed by atoms with van der Waals surface area (Å²) in [5.74, 6) is 3.56. The number of para-hydroxylation sites is 1. The summed E-state index contributed by atoms with van der Waals surface area (Å²) in [6.07, 6.45) is 8.70. The van der Waals surface area contributed by atoms with Gasteiger partial charge in [0.15, 0.2) is 0 Å².